The predicted molar refractivity (Wildman–Crippen MR) is 86.0 cm³/mol. The molecule has 2 aromatic heterocycles. The molecule has 4 heteroatoms. The maximum Gasteiger partial charge on any atom is 0.124 e. The predicted octanol–water partition coefficient (Wildman–Crippen LogP) is 4.05. The molecule has 0 unspecified atom stereocenters. The summed E-state index contributed by atoms with van der Waals surface area (Å²) < 4.78 is 0. The minimum atomic E-state index is 0.943. The van der Waals surface area contributed by atoms with Crippen molar-refractivity contribution >= 4 is 11.3 Å². The lowest BCUT2D eigenvalue weighted by Crippen LogP contribution is -2.14. The van der Waals surface area contributed by atoms with Gasteiger partial charge in [-0.1, -0.05) is 26.7 Å². The van der Waals surface area contributed by atoms with Crippen molar-refractivity contribution in [2.75, 3.05) is 6.54 Å². The largest absolute Gasteiger partial charge is 0.312 e. The van der Waals surface area contributed by atoms with Gasteiger partial charge in [0.2, 0.25) is 0 Å². The van der Waals surface area contributed by atoms with Crippen LogP contribution in [0.3, 0.4) is 0 Å². The van der Waals surface area contributed by atoms with Gasteiger partial charge in [0.05, 0.1) is 5.69 Å². The van der Waals surface area contributed by atoms with E-state index in [0.717, 1.165) is 30.9 Å². The van der Waals surface area contributed by atoms with Gasteiger partial charge in [-0.25, -0.2) is 4.98 Å². The topological polar surface area (TPSA) is 37.8 Å². The molecular weight excluding hydrogens is 266 g/mol. The summed E-state index contributed by atoms with van der Waals surface area (Å²) in [4.78, 5) is 10.3. The minimum Gasteiger partial charge on any atom is -0.312 e. The Morgan fingerprint density at radius 1 is 1.15 bits per heavy atom. The SMILES string of the molecule is CCCCNCc1sc(-c2ccncc2)nc1CCC. The Labute approximate surface area is 125 Å². The summed E-state index contributed by atoms with van der Waals surface area (Å²) in [7, 11) is 0. The summed E-state index contributed by atoms with van der Waals surface area (Å²) in [6.07, 6.45) is 8.33. The molecule has 0 saturated carbocycles. The van der Waals surface area contributed by atoms with Gasteiger partial charge in [0.1, 0.15) is 5.01 Å². The minimum absolute atomic E-state index is 0.943. The summed E-state index contributed by atoms with van der Waals surface area (Å²) in [5, 5.41) is 4.64. The van der Waals surface area contributed by atoms with Gasteiger partial charge < -0.3 is 5.32 Å². The first-order valence-corrected chi connectivity index (χ1v) is 8.26. The molecule has 108 valence electrons. The number of aryl methyl sites for hydroxylation is 1. The highest BCUT2D eigenvalue weighted by molar-refractivity contribution is 7.15. The van der Waals surface area contributed by atoms with Gasteiger partial charge in [-0.3, -0.25) is 4.98 Å². The fourth-order valence-electron chi connectivity index (χ4n) is 2.08. The molecule has 0 atom stereocenters. The molecule has 0 aromatic carbocycles. The number of hydrogen-bond acceptors (Lipinski definition) is 4. The molecule has 2 aromatic rings. The first-order valence-electron chi connectivity index (χ1n) is 7.44. The van der Waals surface area contributed by atoms with Crippen molar-refractivity contribution in [2.45, 2.75) is 46.1 Å². The summed E-state index contributed by atoms with van der Waals surface area (Å²) in [5.41, 5.74) is 2.43. The van der Waals surface area contributed by atoms with Crippen molar-refractivity contribution in [1.82, 2.24) is 15.3 Å². The van der Waals surface area contributed by atoms with Gasteiger partial charge in [-0.15, -0.1) is 11.3 Å². The number of nitrogens with one attached hydrogen (secondary N) is 1. The van der Waals surface area contributed by atoms with Crippen LogP contribution in [-0.4, -0.2) is 16.5 Å². The van der Waals surface area contributed by atoms with Gasteiger partial charge >= 0.3 is 0 Å². The van der Waals surface area contributed by atoms with Gasteiger partial charge in [0, 0.05) is 29.4 Å². The molecule has 0 spiro atoms. The van der Waals surface area contributed by atoms with E-state index in [9.17, 15) is 0 Å². The molecule has 0 saturated heterocycles. The molecule has 3 nitrogen and oxygen atoms in total. The Balaban J connectivity index is 2.11. The standard InChI is InChI=1S/C16H23N3S/c1-3-5-9-18-12-15-14(6-4-2)19-16(20-15)13-7-10-17-11-8-13/h7-8,10-11,18H,3-6,9,12H2,1-2H3. The van der Waals surface area contributed by atoms with Gasteiger partial charge in [-0.05, 0) is 31.5 Å². The highest BCUT2D eigenvalue weighted by atomic mass is 32.1. The fourth-order valence-corrected chi connectivity index (χ4v) is 3.16. The van der Waals surface area contributed by atoms with Crippen molar-refractivity contribution in [3.05, 3.63) is 35.1 Å². The number of nitrogens with zero attached hydrogens (tertiary/aromatic N) is 2. The van der Waals surface area contributed by atoms with E-state index in [-0.39, 0.29) is 0 Å². The van der Waals surface area contributed by atoms with Crippen LogP contribution in [0.2, 0.25) is 0 Å². The number of aromatic nitrogens is 2. The Bertz CT molecular complexity index is 508. The van der Waals surface area contributed by atoms with Crippen LogP contribution in [-0.2, 0) is 13.0 Å². The zero-order chi connectivity index (χ0) is 14.2. The quantitative estimate of drug-likeness (QED) is 0.745. The molecule has 0 aliphatic carbocycles. The number of rotatable bonds is 8. The number of hydrogen-bond donors (Lipinski definition) is 1. The fraction of sp³-hybridized carbons (Fsp3) is 0.500. The van der Waals surface area contributed by atoms with Crippen molar-refractivity contribution in [3.63, 3.8) is 0 Å². The Morgan fingerprint density at radius 2 is 1.95 bits per heavy atom. The first-order chi connectivity index (χ1) is 9.85. The van der Waals surface area contributed by atoms with E-state index in [4.69, 9.17) is 4.98 Å². The molecule has 0 fully saturated rings. The summed E-state index contributed by atoms with van der Waals surface area (Å²) in [6, 6.07) is 4.06. The van der Waals surface area contributed by atoms with E-state index in [2.05, 4.69) is 24.1 Å². The number of thiazole rings is 1. The van der Waals surface area contributed by atoms with Crippen LogP contribution in [0.5, 0.6) is 0 Å². The van der Waals surface area contributed by atoms with E-state index in [1.807, 2.05) is 35.9 Å². The van der Waals surface area contributed by atoms with Crippen molar-refractivity contribution in [2.24, 2.45) is 0 Å². The van der Waals surface area contributed by atoms with E-state index in [1.165, 1.54) is 29.0 Å². The van der Waals surface area contributed by atoms with Crippen LogP contribution < -0.4 is 5.32 Å². The molecule has 20 heavy (non-hydrogen) atoms. The number of unbranched alkanes of at least 4 members (excludes halogenated alkanes) is 1. The third-order valence-corrected chi connectivity index (χ3v) is 4.33. The first kappa shape index (κ1) is 15.1. The molecule has 0 radical (unpaired) electrons. The smallest absolute Gasteiger partial charge is 0.124 e. The number of pyridine rings is 1. The third-order valence-electron chi connectivity index (χ3n) is 3.18. The maximum absolute atomic E-state index is 4.82. The highest BCUT2D eigenvalue weighted by Crippen LogP contribution is 2.28. The van der Waals surface area contributed by atoms with Crippen LogP contribution in [0, 0.1) is 0 Å². The van der Waals surface area contributed by atoms with E-state index in [1.54, 1.807) is 0 Å². The van der Waals surface area contributed by atoms with Crippen molar-refractivity contribution < 1.29 is 0 Å². The van der Waals surface area contributed by atoms with Crippen molar-refractivity contribution in [1.29, 1.82) is 0 Å². The molecule has 2 rings (SSSR count). The van der Waals surface area contributed by atoms with Crippen LogP contribution in [0.15, 0.2) is 24.5 Å². The van der Waals surface area contributed by atoms with Crippen LogP contribution in [0.1, 0.15) is 43.7 Å². The lowest BCUT2D eigenvalue weighted by Gasteiger charge is -2.03. The molecule has 0 bridgehead atoms. The van der Waals surface area contributed by atoms with Gasteiger partial charge in [0.25, 0.3) is 0 Å². The van der Waals surface area contributed by atoms with Gasteiger partial charge in [-0.2, -0.15) is 0 Å². The molecule has 0 aliphatic rings. The van der Waals surface area contributed by atoms with Crippen LogP contribution >= 0.6 is 11.3 Å². The Kier molecular flexibility index (Phi) is 6.15. The molecule has 1 N–H and O–H groups in total. The maximum atomic E-state index is 4.82. The average molecular weight is 289 g/mol. The zero-order valence-corrected chi connectivity index (χ0v) is 13.2. The second kappa shape index (κ2) is 8.12. The third kappa shape index (κ3) is 4.12. The molecular formula is C16H23N3S. The molecule has 2 heterocycles. The Hall–Kier alpha value is -1.26. The van der Waals surface area contributed by atoms with Crippen molar-refractivity contribution in [3.8, 4) is 10.6 Å². The lowest BCUT2D eigenvalue weighted by molar-refractivity contribution is 0.641. The van der Waals surface area contributed by atoms with E-state index < -0.39 is 0 Å². The molecule has 0 aliphatic heterocycles. The van der Waals surface area contributed by atoms with Gasteiger partial charge in [0.15, 0.2) is 0 Å². The summed E-state index contributed by atoms with van der Waals surface area (Å²) >= 11 is 1.81. The van der Waals surface area contributed by atoms with Crippen LogP contribution in [0.4, 0.5) is 0 Å². The normalized spacial score (nSPS) is 10.9. The highest BCUT2D eigenvalue weighted by Gasteiger charge is 2.11. The van der Waals surface area contributed by atoms with E-state index in [0.29, 0.717) is 0 Å². The zero-order valence-electron chi connectivity index (χ0n) is 12.4. The summed E-state index contributed by atoms with van der Waals surface area (Å²) in [6.45, 7) is 6.46. The second-order valence-electron chi connectivity index (χ2n) is 4.91. The Morgan fingerprint density at radius 3 is 2.65 bits per heavy atom. The van der Waals surface area contributed by atoms with E-state index >= 15 is 0 Å². The van der Waals surface area contributed by atoms with Crippen LogP contribution in [0.25, 0.3) is 10.6 Å². The lowest BCUT2D eigenvalue weighted by atomic mass is 10.2. The summed E-state index contributed by atoms with van der Waals surface area (Å²) in [5.74, 6) is 0. The molecule has 0 amide bonds. The average Bonchev–Trinajstić information content (AvgIpc) is 2.88. The monoisotopic (exact) mass is 289 g/mol. The second-order valence-corrected chi connectivity index (χ2v) is 5.99.